The van der Waals surface area contributed by atoms with Gasteiger partial charge in [-0.1, -0.05) is 25.1 Å². The summed E-state index contributed by atoms with van der Waals surface area (Å²) in [6.45, 7) is 2.64. The summed E-state index contributed by atoms with van der Waals surface area (Å²) < 4.78 is 0. The van der Waals surface area contributed by atoms with Gasteiger partial charge < -0.3 is 0 Å². The van der Waals surface area contributed by atoms with Gasteiger partial charge in [0.25, 0.3) is 5.91 Å². The minimum Gasteiger partial charge on any atom is -0.278 e. The molecule has 0 bridgehead atoms. The average Bonchev–Trinajstić information content (AvgIpc) is 2.39. The molecule has 0 fully saturated rings. The van der Waals surface area contributed by atoms with E-state index in [1.54, 1.807) is 6.07 Å². The molecule has 3 nitrogen and oxygen atoms in total. The predicted molar refractivity (Wildman–Crippen MR) is 78.4 cm³/mol. The Labute approximate surface area is 119 Å². The van der Waals surface area contributed by atoms with Crippen molar-refractivity contribution in [1.29, 1.82) is 0 Å². The summed E-state index contributed by atoms with van der Waals surface area (Å²) in [5, 5.41) is 0. The smallest absolute Gasteiger partial charge is 0.260 e. The van der Waals surface area contributed by atoms with E-state index in [1.807, 2.05) is 18.2 Å². The number of carbonyl (C=O) groups excluding carboxylic acids is 2. The number of thiol groups is 1. The molecule has 0 aromatic heterocycles. The van der Waals surface area contributed by atoms with Gasteiger partial charge in [0.1, 0.15) is 0 Å². The van der Waals surface area contributed by atoms with E-state index in [1.165, 1.54) is 4.90 Å². The van der Waals surface area contributed by atoms with Crippen LogP contribution in [0.2, 0.25) is 0 Å². The van der Waals surface area contributed by atoms with Crippen molar-refractivity contribution < 1.29 is 9.59 Å². The van der Waals surface area contributed by atoms with Crippen molar-refractivity contribution in [2.45, 2.75) is 26.2 Å². The summed E-state index contributed by atoms with van der Waals surface area (Å²) in [6.07, 6.45) is 2.19. The van der Waals surface area contributed by atoms with Crippen LogP contribution in [-0.2, 0) is 11.2 Å². The Kier molecular flexibility index (Phi) is 4.64. The molecule has 0 spiro atoms. The van der Waals surface area contributed by atoms with Gasteiger partial charge in [0, 0.05) is 12.1 Å². The molecule has 1 heterocycles. The van der Waals surface area contributed by atoms with Gasteiger partial charge >= 0.3 is 0 Å². The molecule has 2 amide bonds. The zero-order valence-electron chi connectivity index (χ0n) is 11.1. The molecule has 2 rings (SSSR count). The second kappa shape index (κ2) is 6.24. The second-order valence-corrected chi connectivity index (χ2v) is 5.54. The average molecular weight is 277 g/mol. The van der Waals surface area contributed by atoms with Gasteiger partial charge in [0.05, 0.1) is 6.42 Å². The summed E-state index contributed by atoms with van der Waals surface area (Å²) in [5.74, 6) is 1.09. The summed E-state index contributed by atoms with van der Waals surface area (Å²) >= 11 is 4.21. The van der Waals surface area contributed by atoms with Gasteiger partial charge in [0.2, 0.25) is 5.91 Å². The van der Waals surface area contributed by atoms with E-state index in [9.17, 15) is 9.59 Å². The van der Waals surface area contributed by atoms with E-state index in [4.69, 9.17) is 0 Å². The van der Waals surface area contributed by atoms with Crippen molar-refractivity contribution in [1.82, 2.24) is 4.90 Å². The van der Waals surface area contributed by atoms with Crippen LogP contribution in [0.15, 0.2) is 24.3 Å². The molecule has 0 radical (unpaired) electrons. The monoisotopic (exact) mass is 277 g/mol. The van der Waals surface area contributed by atoms with E-state index in [-0.39, 0.29) is 11.8 Å². The van der Waals surface area contributed by atoms with Crippen molar-refractivity contribution in [3.05, 3.63) is 35.4 Å². The van der Waals surface area contributed by atoms with E-state index >= 15 is 0 Å². The summed E-state index contributed by atoms with van der Waals surface area (Å²) in [7, 11) is 0. The number of amides is 2. The molecule has 1 aromatic rings. The van der Waals surface area contributed by atoms with E-state index < -0.39 is 0 Å². The normalized spacial score (nSPS) is 16.4. The molecule has 102 valence electrons. The van der Waals surface area contributed by atoms with Crippen LogP contribution in [0.25, 0.3) is 0 Å². The highest BCUT2D eigenvalue weighted by molar-refractivity contribution is 7.80. The fourth-order valence-electron chi connectivity index (χ4n) is 2.34. The Morgan fingerprint density at radius 1 is 1.26 bits per heavy atom. The van der Waals surface area contributed by atoms with Gasteiger partial charge in [-0.3, -0.25) is 14.5 Å². The lowest BCUT2D eigenvalue weighted by molar-refractivity contribution is -0.128. The summed E-state index contributed by atoms with van der Waals surface area (Å²) in [5.41, 5.74) is 1.51. The van der Waals surface area contributed by atoms with Crippen molar-refractivity contribution in [2.75, 3.05) is 12.3 Å². The number of fused-ring (bicyclic) bond motifs is 1. The molecular formula is C15H19NO2S. The molecule has 1 atom stereocenters. The largest absolute Gasteiger partial charge is 0.278 e. The summed E-state index contributed by atoms with van der Waals surface area (Å²) in [6, 6.07) is 7.36. The third-order valence-corrected chi connectivity index (χ3v) is 3.86. The molecule has 1 aromatic carbocycles. The maximum Gasteiger partial charge on any atom is 0.260 e. The van der Waals surface area contributed by atoms with Crippen LogP contribution in [0, 0.1) is 5.92 Å². The lowest BCUT2D eigenvalue weighted by Crippen LogP contribution is -2.43. The SMILES string of the molecule is CC(CCS)CCN1C(=O)Cc2ccccc2C1=O. The van der Waals surface area contributed by atoms with Crippen LogP contribution in [0.3, 0.4) is 0 Å². The first kappa shape index (κ1) is 14.1. The standard InChI is InChI=1S/C15H19NO2S/c1-11(7-9-19)6-8-16-14(17)10-12-4-2-3-5-13(12)15(16)18/h2-5,11,19H,6-10H2,1H3. The van der Waals surface area contributed by atoms with Crippen molar-refractivity contribution in [2.24, 2.45) is 5.92 Å². The number of imide groups is 1. The Morgan fingerprint density at radius 2 is 2.00 bits per heavy atom. The third kappa shape index (κ3) is 3.18. The number of carbonyl (C=O) groups is 2. The van der Waals surface area contributed by atoms with Crippen molar-refractivity contribution in [3.63, 3.8) is 0 Å². The van der Waals surface area contributed by atoms with Crippen LogP contribution in [0.4, 0.5) is 0 Å². The van der Waals surface area contributed by atoms with E-state index in [0.29, 0.717) is 24.4 Å². The first-order chi connectivity index (χ1) is 9.13. The molecule has 4 heteroatoms. The van der Waals surface area contributed by atoms with Crippen LogP contribution in [0.5, 0.6) is 0 Å². The third-order valence-electron chi connectivity index (χ3n) is 3.60. The van der Waals surface area contributed by atoms with E-state index in [0.717, 1.165) is 24.2 Å². The highest BCUT2D eigenvalue weighted by Crippen LogP contribution is 2.20. The van der Waals surface area contributed by atoms with Gasteiger partial charge in [-0.05, 0) is 36.1 Å². The topological polar surface area (TPSA) is 37.4 Å². The Hall–Kier alpha value is -1.29. The Morgan fingerprint density at radius 3 is 2.74 bits per heavy atom. The van der Waals surface area contributed by atoms with Crippen LogP contribution in [0.1, 0.15) is 35.7 Å². The number of hydrogen-bond acceptors (Lipinski definition) is 3. The molecule has 1 aliphatic heterocycles. The highest BCUT2D eigenvalue weighted by Gasteiger charge is 2.30. The molecular weight excluding hydrogens is 258 g/mol. The molecule has 1 unspecified atom stereocenters. The first-order valence-corrected chi connectivity index (χ1v) is 7.30. The number of benzene rings is 1. The Bertz CT molecular complexity index is 487. The Balaban J connectivity index is 2.07. The zero-order chi connectivity index (χ0) is 13.8. The fraction of sp³-hybridized carbons (Fsp3) is 0.467. The van der Waals surface area contributed by atoms with Gasteiger partial charge in [0.15, 0.2) is 0 Å². The molecule has 0 N–H and O–H groups in total. The van der Waals surface area contributed by atoms with Gasteiger partial charge in [-0.15, -0.1) is 0 Å². The van der Waals surface area contributed by atoms with Gasteiger partial charge in [-0.25, -0.2) is 0 Å². The predicted octanol–water partition coefficient (Wildman–Crippen LogP) is 2.56. The lowest BCUT2D eigenvalue weighted by atomic mass is 9.97. The number of nitrogens with zero attached hydrogens (tertiary/aromatic N) is 1. The molecule has 0 saturated heterocycles. The van der Waals surface area contributed by atoms with Crippen LogP contribution >= 0.6 is 12.6 Å². The molecule has 1 aliphatic rings. The van der Waals surface area contributed by atoms with E-state index in [2.05, 4.69) is 19.6 Å². The van der Waals surface area contributed by atoms with Gasteiger partial charge in [-0.2, -0.15) is 12.6 Å². The zero-order valence-corrected chi connectivity index (χ0v) is 12.0. The molecule has 0 aliphatic carbocycles. The molecule has 19 heavy (non-hydrogen) atoms. The van der Waals surface area contributed by atoms with Crippen molar-refractivity contribution in [3.8, 4) is 0 Å². The maximum atomic E-state index is 12.3. The van der Waals surface area contributed by atoms with Crippen LogP contribution in [-0.4, -0.2) is 29.0 Å². The number of rotatable bonds is 5. The lowest BCUT2D eigenvalue weighted by Gasteiger charge is -2.27. The maximum absolute atomic E-state index is 12.3. The highest BCUT2D eigenvalue weighted by atomic mass is 32.1. The van der Waals surface area contributed by atoms with Crippen molar-refractivity contribution >= 4 is 24.4 Å². The minimum atomic E-state index is -0.148. The quantitative estimate of drug-likeness (QED) is 0.663. The van der Waals surface area contributed by atoms with Crippen LogP contribution < -0.4 is 0 Å². The fourth-order valence-corrected chi connectivity index (χ4v) is 2.78. The first-order valence-electron chi connectivity index (χ1n) is 6.67. The number of hydrogen-bond donors (Lipinski definition) is 1. The summed E-state index contributed by atoms with van der Waals surface area (Å²) in [4.78, 5) is 25.7. The molecule has 0 saturated carbocycles. The minimum absolute atomic E-state index is 0.0817. The second-order valence-electron chi connectivity index (χ2n) is 5.09.